The highest BCUT2D eigenvalue weighted by Gasteiger charge is 2.32. The molecule has 0 aromatic rings. The maximum atomic E-state index is 11.5. The zero-order valence-electron chi connectivity index (χ0n) is 15.0. The van der Waals surface area contributed by atoms with Gasteiger partial charge in [-0.25, -0.2) is 4.79 Å². The highest BCUT2D eigenvalue weighted by Crippen LogP contribution is 2.18. The lowest BCUT2D eigenvalue weighted by molar-refractivity contribution is -0.241. The molecule has 0 radical (unpaired) electrons. The van der Waals surface area contributed by atoms with Crippen LogP contribution in [-0.2, 0) is 9.68 Å². The second-order valence-corrected chi connectivity index (χ2v) is 6.60. The van der Waals surface area contributed by atoms with Gasteiger partial charge < -0.3 is 5.32 Å². The predicted octanol–water partition coefficient (Wildman–Crippen LogP) is 5.07. The van der Waals surface area contributed by atoms with Crippen molar-refractivity contribution in [2.75, 3.05) is 7.05 Å². The molecular formula is C18H37NO3. The number of likely N-dealkylation sites (N-methyl/N-ethyl adjacent to an activating group) is 1. The second-order valence-electron chi connectivity index (χ2n) is 6.60. The van der Waals surface area contributed by atoms with Crippen LogP contribution in [0.4, 0.5) is 0 Å². The number of nitrogens with one attached hydrogen (secondary N) is 1. The molecule has 0 saturated carbocycles. The van der Waals surface area contributed by atoms with Gasteiger partial charge in [0.25, 0.3) is 0 Å². The second kappa shape index (κ2) is 14.0. The first-order valence-corrected chi connectivity index (χ1v) is 9.15. The Bertz CT molecular complexity index is 271. The molecule has 132 valence electrons. The molecule has 0 aromatic carbocycles. The monoisotopic (exact) mass is 315 g/mol. The average Bonchev–Trinajstić information content (AvgIpc) is 2.54. The summed E-state index contributed by atoms with van der Waals surface area (Å²) in [6.45, 7) is 4.02. The Kier molecular flexibility index (Phi) is 13.6. The predicted molar refractivity (Wildman–Crippen MR) is 91.9 cm³/mol. The summed E-state index contributed by atoms with van der Waals surface area (Å²) in [5.41, 5.74) is -0.771. The third-order valence-electron chi connectivity index (χ3n) is 4.62. The standard InChI is InChI=1S/C18H37NO3/c1-4-5-6-7-8-9-10-11-12-13-14-15-16-18(2,19-3)17(20)22-21/h19,21H,4-16H2,1-3H3. The van der Waals surface area contributed by atoms with Crippen molar-refractivity contribution < 1.29 is 14.9 Å². The molecular weight excluding hydrogens is 278 g/mol. The fourth-order valence-corrected chi connectivity index (χ4v) is 2.75. The minimum atomic E-state index is -0.771. The van der Waals surface area contributed by atoms with E-state index in [1.54, 1.807) is 14.0 Å². The summed E-state index contributed by atoms with van der Waals surface area (Å²) < 4.78 is 0. The van der Waals surface area contributed by atoms with Crippen molar-refractivity contribution in [1.82, 2.24) is 5.32 Å². The molecule has 4 heteroatoms. The van der Waals surface area contributed by atoms with Crippen LogP contribution in [0, 0.1) is 0 Å². The summed E-state index contributed by atoms with van der Waals surface area (Å²) in [6, 6.07) is 0. The van der Waals surface area contributed by atoms with E-state index in [-0.39, 0.29) is 0 Å². The third kappa shape index (κ3) is 10.2. The van der Waals surface area contributed by atoms with Crippen LogP contribution in [0.15, 0.2) is 0 Å². The van der Waals surface area contributed by atoms with Crippen molar-refractivity contribution >= 4 is 5.97 Å². The minimum absolute atomic E-state index is 0.599. The molecule has 0 saturated heterocycles. The molecule has 0 rings (SSSR count). The van der Waals surface area contributed by atoms with Gasteiger partial charge in [0.05, 0.1) is 0 Å². The SMILES string of the molecule is CCCCCCCCCCCCCCC(C)(NC)C(=O)OO. The van der Waals surface area contributed by atoms with E-state index in [0.29, 0.717) is 6.42 Å². The summed E-state index contributed by atoms with van der Waals surface area (Å²) in [6.07, 6.45) is 16.3. The molecule has 0 aliphatic heterocycles. The maximum absolute atomic E-state index is 11.5. The lowest BCUT2D eigenvalue weighted by Gasteiger charge is -2.24. The number of rotatable bonds is 15. The van der Waals surface area contributed by atoms with E-state index in [4.69, 9.17) is 5.26 Å². The molecule has 0 aromatic heterocycles. The molecule has 22 heavy (non-hydrogen) atoms. The Morgan fingerprint density at radius 3 is 1.68 bits per heavy atom. The van der Waals surface area contributed by atoms with E-state index in [1.165, 1.54) is 64.2 Å². The number of carbonyl (C=O) groups is 1. The van der Waals surface area contributed by atoms with Gasteiger partial charge in [-0.15, -0.1) is 0 Å². The Hall–Kier alpha value is -0.610. The summed E-state index contributed by atoms with van der Waals surface area (Å²) >= 11 is 0. The fraction of sp³-hybridized carbons (Fsp3) is 0.944. The van der Waals surface area contributed by atoms with Gasteiger partial charge in [-0.1, -0.05) is 84.0 Å². The first-order chi connectivity index (χ1) is 10.6. The Labute approximate surface area is 136 Å². The van der Waals surface area contributed by atoms with Gasteiger partial charge in [0, 0.05) is 0 Å². The van der Waals surface area contributed by atoms with E-state index in [1.807, 2.05) is 0 Å². The first-order valence-electron chi connectivity index (χ1n) is 9.15. The molecule has 0 aliphatic rings. The molecule has 0 aliphatic carbocycles. The van der Waals surface area contributed by atoms with Crippen LogP contribution in [-0.4, -0.2) is 23.8 Å². The Morgan fingerprint density at radius 1 is 0.909 bits per heavy atom. The minimum Gasteiger partial charge on any atom is -0.305 e. The van der Waals surface area contributed by atoms with Crippen LogP contribution in [0.1, 0.15) is 97.3 Å². The zero-order chi connectivity index (χ0) is 16.7. The summed E-state index contributed by atoms with van der Waals surface area (Å²) in [7, 11) is 1.72. The number of hydrogen-bond donors (Lipinski definition) is 2. The number of carbonyl (C=O) groups excluding carboxylic acids is 1. The summed E-state index contributed by atoms with van der Waals surface area (Å²) in [5, 5.41) is 11.4. The molecule has 1 atom stereocenters. The highest BCUT2D eigenvalue weighted by atomic mass is 17.1. The van der Waals surface area contributed by atoms with Gasteiger partial charge in [-0.2, -0.15) is 5.26 Å². The molecule has 1 unspecified atom stereocenters. The van der Waals surface area contributed by atoms with Gasteiger partial charge in [-0.05, 0) is 20.4 Å². The van der Waals surface area contributed by atoms with Gasteiger partial charge in [0.2, 0.25) is 0 Å². The number of hydrogen-bond acceptors (Lipinski definition) is 4. The molecule has 4 nitrogen and oxygen atoms in total. The summed E-state index contributed by atoms with van der Waals surface area (Å²) in [4.78, 5) is 15.3. The topological polar surface area (TPSA) is 58.6 Å². The van der Waals surface area contributed by atoms with Crippen molar-refractivity contribution in [1.29, 1.82) is 0 Å². The van der Waals surface area contributed by atoms with E-state index < -0.39 is 11.5 Å². The number of unbranched alkanes of at least 4 members (excludes halogenated alkanes) is 11. The summed E-state index contributed by atoms with van der Waals surface area (Å²) in [5.74, 6) is -0.599. The molecule has 0 spiro atoms. The van der Waals surface area contributed by atoms with Crippen molar-refractivity contribution in [3.63, 3.8) is 0 Å². The van der Waals surface area contributed by atoms with Crippen LogP contribution >= 0.6 is 0 Å². The Balaban J connectivity index is 3.41. The first kappa shape index (κ1) is 21.4. The zero-order valence-corrected chi connectivity index (χ0v) is 15.0. The van der Waals surface area contributed by atoms with E-state index >= 15 is 0 Å². The van der Waals surface area contributed by atoms with Crippen LogP contribution < -0.4 is 5.32 Å². The van der Waals surface area contributed by atoms with Crippen molar-refractivity contribution in [3.05, 3.63) is 0 Å². The van der Waals surface area contributed by atoms with Gasteiger partial charge in [0.1, 0.15) is 5.54 Å². The van der Waals surface area contributed by atoms with Crippen LogP contribution in [0.3, 0.4) is 0 Å². The smallest absolute Gasteiger partial charge is 0.305 e. The van der Waals surface area contributed by atoms with E-state index in [0.717, 1.165) is 12.8 Å². The quantitative estimate of drug-likeness (QED) is 0.251. The van der Waals surface area contributed by atoms with Crippen molar-refractivity contribution in [2.24, 2.45) is 0 Å². The third-order valence-corrected chi connectivity index (χ3v) is 4.62. The molecule has 0 fully saturated rings. The largest absolute Gasteiger partial charge is 0.361 e. The van der Waals surface area contributed by atoms with Crippen LogP contribution in [0.2, 0.25) is 0 Å². The van der Waals surface area contributed by atoms with E-state index in [2.05, 4.69) is 17.1 Å². The normalized spacial score (nSPS) is 13.8. The maximum Gasteiger partial charge on any atom is 0.361 e. The molecule has 0 heterocycles. The van der Waals surface area contributed by atoms with E-state index in [9.17, 15) is 4.79 Å². The molecule has 0 amide bonds. The molecule has 0 bridgehead atoms. The lowest BCUT2D eigenvalue weighted by atomic mass is 9.94. The van der Waals surface area contributed by atoms with Gasteiger partial charge in [0.15, 0.2) is 0 Å². The lowest BCUT2D eigenvalue weighted by Crippen LogP contribution is -2.48. The van der Waals surface area contributed by atoms with Crippen LogP contribution in [0.5, 0.6) is 0 Å². The van der Waals surface area contributed by atoms with Crippen molar-refractivity contribution in [3.8, 4) is 0 Å². The van der Waals surface area contributed by atoms with Crippen molar-refractivity contribution in [2.45, 2.75) is 103 Å². The van der Waals surface area contributed by atoms with Gasteiger partial charge >= 0.3 is 5.97 Å². The molecule has 2 N–H and O–H groups in total. The fourth-order valence-electron chi connectivity index (χ4n) is 2.75. The van der Waals surface area contributed by atoms with Gasteiger partial charge in [-0.3, -0.25) is 4.89 Å². The Morgan fingerprint density at radius 2 is 1.32 bits per heavy atom. The highest BCUT2D eigenvalue weighted by molar-refractivity contribution is 5.79. The van der Waals surface area contributed by atoms with Crippen LogP contribution in [0.25, 0.3) is 0 Å². The average molecular weight is 315 g/mol.